The molecule has 1 aromatic carbocycles. The van der Waals surface area contributed by atoms with Crippen LogP contribution in [0.2, 0.25) is 0 Å². The fourth-order valence-electron chi connectivity index (χ4n) is 2.38. The molecule has 0 saturated carbocycles. The molecular formula is C14H21FN2O. The minimum absolute atomic E-state index is 0.201. The second-order valence-corrected chi connectivity index (χ2v) is 4.68. The van der Waals surface area contributed by atoms with Gasteiger partial charge in [0.1, 0.15) is 11.6 Å². The van der Waals surface area contributed by atoms with E-state index in [1.807, 2.05) is 0 Å². The maximum Gasteiger partial charge on any atom is 0.123 e. The van der Waals surface area contributed by atoms with E-state index in [0.29, 0.717) is 6.04 Å². The van der Waals surface area contributed by atoms with Crippen LogP contribution in [0.1, 0.15) is 18.4 Å². The summed E-state index contributed by atoms with van der Waals surface area (Å²) in [4.78, 5) is 0. The smallest absolute Gasteiger partial charge is 0.123 e. The van der Waals surface area contributed by atoms with E-state index < -0.39 is 0 Å². The largest absolute Gasteiger partial charge is 0.496 e. The summed E-state index contributed by atoms with van der Waals surface area (Å²) >= 11 is 0. The molecule has 1 aliphatic rings. The highest BCUT2D eigenvalue weighted by Crippen LogP contribution is 2.19. The van der Waals surface area contributed by atoms with E-state index >= 15 is 0 Å². The van der Waals surface area contributed by atoms with Crippen molar-refractivity contribution in [1.82, 2.24) is 10.6 Å². The van der Waals surface area contributed by atoms with Gasteiger partial charge < -0.3 is 15.4 Å². The Morgan fingerprint density at radius 1 is 1.39 bits per heavy atom. The summed E-state index contributed by atoms with van der Waals surface area (Å²) in [7, 11) is 1.62. The lowest BCUT2D eigenvalue weighted by Gasteiger charge is -2.23. The summed E-state index contributed by atoms with van der Waals surface area (Å²) in [5.41, 5.74) is 0.930. The van der Waals surface area contributed by atoms with Gasteiger partial charge in [-0.05, 0) is 62.7 Å². The average molecular weight is 252 g/mol. The lowest BCUT2D eigenvalue weighted by molar-refractivity contribution is 0.385. The van der Waals surface area contributed by atoms with Crippen molar-refractivity contribution in [2.75, 3.05) is 26.7 Å². The summed E-state index contributed by atoms with van der Waals surface area (Å²) in [6.45, 7) is 3.03. The van der Waals surface area contributed by atoms with Crippen LogP contribution in [0, 0.1) is 5.82 Å². The molecule has 0 spiro atoms. The van der Waals surface area contributed by atoms with Gasteiger partial charge in [-0.25, -0.2) is 4.39 Å². The van der Waals surface area contributed by atoms with Crippen LogP contribution in [-0.2, 0) is 6.42 Å². The van der Waals surface area contributed by atoms with E-state index in [1.54, 1.807) is 19.2 Å². The lowest BCUT2D eigenvalue weighted by Crippen LogP contribution is -2.40. The number of hydrogen-bond donors (Lipinski definition) is 2. The average Bonchev–Trinajstić information content (AvgIpc) is 2.40. The van der Waals surface area contributed by atoms with Crippen LogP contribution < -0.4 is 15.4 Å². The molecule has 4 heteroatoms. The summed E-state index contributed by atoms with van der Waals surface area (Å²) in [6, 6.07) is 5.27. The van der Waals surface area contributed by atoms with Crippen LogP contribution in [0.3, 0.4) is 0 Å². The summed E-state index contributed by atoms with van der Waals surface area (Å²) in [5, 5.41) is 6.86. The molecule has 0 bridgehead atoms. The third-order valence-corrected chi connectivity index (χ3v) is 3.41. The first-order valence-electron chi connectivity index (χ1n) is 6.56. The van der Waals surface area contributed by atoms with Crippen LogP contribution in [0.4, 0.5) is 4.39 Å². The Labute approximate surface area is 108 Å². The van der Waals surface area contributed by atoms with E-state index in [4.69, 9.17) is 4.74 Å². The van der Waals surface area contributed by atoms with Gasteiger partial charge in [-0.2, -0.15) is 0 Å². The quantitative estimate of drug-likeness (QED) is 0.837. The van der Waals surface area contributed by atoms with Crippen molar-refractivity contribution in [2.24, 2.45) is 0 Å². The zero-order valence-electron chi connectivity index (χ0n) is 10.8. The van der Waals surface area contributed by atoms with Gasteiger partial charge in [-0.15, -0.1) is 0 Å². The maximum absolute atomic E-state index is 13.2. The number of halogens is 1. The molecule has 0 aromatic heterocycles. The Bertz CT molecular complexity index is 378. The zero-order chi connectivity index (χ0) is 12.8. The first-order chi connectivity index (χ1) is 8.79. The molecule has 1 heterocycles. The molecule has 0 atom stereocenters. The summed E-state index contributed by atoms with van der Waals surface area (Å²) in [5.74, 6) is 0.566. The van der Waals surface area contributed by atoms with Crippen molar-refractivity contribution in [3.8, 4) is 5.75 Å². The summed E-state index contributed by atoms with van der Waals surface area (Å²) < 4.78 is 18.4. The second kappa shape index (κ2) is 6.71. The van der Waals surface area contributed by atoms with Crippen LogP contribution in [0.5, 0.6) is 5.75 Å². The van der Waals surface area contributed by atoms with Crippen molar-refractivity contribution >= 4 is 0 Å². The molecule has 1 saturated heterocycles. The highest BCUT2D eigenvalue weighted by molar-refractivity contribution is 5.34. The van der Waals surface area contributed by atoms with E-state index in [2.05, 4.69) is 10.6 Å². The number of rotatable bonds is 5. The van der Waals surface area contributed by atoms with E-state index in [1.165, 1.54) is 18.9 Å². The number of ether oxygens (including phenoxy) is 1. The number of methoxy groups -OCH3 is 1. The number of benzene rings is 1. The Morgan fingerprint density at radius 3 is 2.89 bits per heavy atom. The van der Waals surface area contributed by atoms with Gasteiger partial charge in [0.15, 0.2) is 0 Å². The summed E-state index contributed by atoms with van der Waals surface area (Å²) in [6.07, 6.45) is 3.13. The molecule has 100 valence electrons. The fraction of sp³-hybridized carbons (Fsp3) is 0.571. The molecule has 1 aromatic rings. The van der Waals surface area contributed by atoms with Gasteiger partial charge in [-0.3, -0.25) is 0 Å². The highest BCUT2D eigenvalue weighted by atomic mass is 19.1. The van der Waals surface area contributed by atoms with Gasteiger partial charge in [0, 0.05) is 6.04 Å². The topological polar surface area (TPSA) is 33.3 Å². The Hall–Kier alpha value is -1.13. The maximum atomic E-state index is 13.2. The molecule has 0 radical (unpaired) electrons. The minimum atomic E-state index is -0.201. The van der Waals surface area contributed by atoms with E-state index in [0.717, 1.165) is 37.4 Å². The van der Waals surface area contributed by atoms with Crippen LogP contribution >= 0.6 is 0 Å². The number of nitrogens with one attached hydrogen (secondary N) is 2. The zero-order valence-corrected chi connectivity index (χ0v) is 10.8. The molecule has 0 amide bonds. The van der Waals surface area contributed by atoms with Crippen LogP contribution in [0.25, 0.3) is 0 Å². The van der Waals surface area contributed by atoms with Gasteiger partial charge in [0.25, 0.3) is 0 Å². The predicted molar refractivity (Wildman–Crippen MR) is 70.6 cm³/mol. The molecule has 1 aliphatic heterocycles. The fourth-order valence-corrected chi connectivity index (χ4v) is 2.38. The van der Waals surface area contributed by atoms with Crippen LogP contribution in [-0.4, -0.2) is 32.8 Å². The monoisotopic (exact) mass is 252 g/mol. The highest BCUT2D eigenvalue weighted by Gasteiger charge is 2.12. The van der Waals surface area contributed by atoms with Crippen molar-refractivity contribution in [2.45, 2.75) is 25.3 Å². The van der Waals surface area contributed by atoms with E-state index in [-0.39, 0.29) is 5.82 Å². The molecule has 2 N–H and O–H groups in total. The van der Waals surface area contributed by atoms with E-state index in [9.17, 15) is 4.39 Å². The first-order valence-corrected chi connectivity index (χ1v) is 6.56. The van der Waals surface area contributed by atoms with Crippen LogP contribution in [0.15, 0.2) is 18.2 Å². The number of hydrogen-bond acceptors (Lipinski definition) is 3. The lowest BCUT2D eigenvalue weighted by atomic mass is 10.1. The molecule has 0 aliphatic carbocycles. The van der Waals surface area contributed by atoms with Gasteiger partial charge >= 0.3 is 0 Å². The molecule has 0 unspecified atom stereocenters. The van der Waals surface area contributed by atoms with Gasteiger partial charge in [0.05, 0.1) is 7.11 Å². The predicted octanol–water partition coefficient (Wildman–Crippen LogP) is 1.72. The Kier molecular flexibility index (Phi) is 4.96. The number of piperidine rings is 1. The molecule has 1 fully saturated rings. The second-order valence-electron chi connectivity index (χ2n) is 4.68. The van der Waals surface area contributed by atoms with Gasteiger partial charge in [-0.1, -0.05) is 0 Å². The Morgan fingerprint density at radius 2 is 2.17 bits per heavy atom. The standard InChI is InChI=1S/C14H21FN2O/c1-18-14-3-2-12(15)10-11(14)4-9-17-13-5-7-16-8-6-13/h2-3,10,13,16-17H,4-9H2,1H3. The SMILES string of the molecule is COc1ccc(F)cc1CCNC1CCNCC1. The molecular weight excluding hydrogens is 231 g/mol. The molecule has 3 nitrogen and oxygen atoms in total. The molecule has 2 rings (SSSR count). The van der Waals surface area contributed by atoms with Crippen molar-refractivity contribution in [3.63, 3.8) is 0 Å². The van der Waals surface area contributed by atoms with Crippen molar-refractivity contribution in [1.29, 1.82) is 0 Å². The molecule has 18 heavy (non-hydrogen) atoms. The van der Waals surface area contributed by atoms with Crippen molar-refractivity contribution < 1.29 is 9.13 Å². The Balaban J connectivity index is 1.83. The third kappa shape index (κ3) is 3.68. The van der Waals surface area contributed by atoms with Crippen molar-refractivity contribution in [3.05, 3.63) is 29.6 Å². The normalized spacial score (nSPS) is 16.8. The third-order valence-electron chi connectivity index (χ3n) is 3.41. The first kappa shape index (κ1) is 13.3. The minimum Gasteiger partial charge on any atom is -0.496 e. The van der Waals surface area contributed by atoms with Gasteiger partial charge in [0.2, 0.25) is 0 Å².